The van der Waals surface area contributed by atoms with Crippen molar-refractivity contribution < 1.29 is 9.40 Å². The SMILES string of the molecule is Cc1ccc(-c2cc(=NNc3[nH]c4ccccc4[nH+]3)c3cc(Cl)ccc3o2)cc1. The number of H-pyrrole nitrogens is 2. The van der Waals surface area contributed by atoms with Gasteiger partial charge in [0.05, 0.1) is 0 Å². The van der Waals surface area contributed by atoms with Crippen molar-refractivity contribution >= 4 is 39.6 Å². The smallest absolute Gasteiger partial charge is 0.377 e. The van der Waals surface area contributed by atoms with Gasteiger partial charge in [-0.3, -0.25) is 0 Å². The Labute approximate surface area is 171 Å². The van der Waals surface area contributed by atoms with Gasteiger partial charge in [0.25, 0.3) is 0 Å². The van der Waals surface area contributed by atoms with E-state index in [0.29, 0.717) is 16.6 Å². The third kappa shape index (κ3) is 3.48. The van der Waals surface area contributed by atoms with Crippen LogP contribution in [0.25, 0.3) is 33.3 Å². The molecule has 3 N–H and O–H groups in total. The summed E-state index contributed by atoms with van der Waals surface area (Å²) in [7, 11) is 0. The van der Waals surface area contributed by atoms with Gasteiger partial charge in [-0.15, -0.1) is 5.10 Å². The zero-order chi connectivity index (χ0) is 19.8. The predicted octanol–water partition coefficient (Wildman–Crippen LogP) is 5.28. The number of nitrogens with zero attached hydrogens (tertiary/aromatic N) is 1. The van der Waals surface area contributed by atoms with Gasteiger partial charge in [0.1, 0.15) is 27.7 Å². The molecule has 0 aliphatic carbocycles. The molecule has 5 aromatic rings. The third-order valence-electron chi connectivity index (χ3n) is 4.78. The second kappa shape index (κ2) is 7.11. The monoisotopic (exact) mass is 401 g/mol. The summed E-state index contributed by atoms with van der Waals surface area (Å²) in [5, 5.41) is 6.81. The molecule has 5 nitrogen and oxygen atoms in total. The first kappa shape index (κ1) is 17.5. The van der Waals surface area contributed by atoms with Crippen LogP contribution in [0.4, 0.5) is 5.95 Å². The van der Waals surface area contributed by atoms with E-state index < -0.39 is 0 Å². The Morgan fingerprint density at radius 2 is 1.83 bits per heavy atom. The van der Waals surface area contributed by atoms with E-state index in [2.05, 4.69) is 39.6 Å². The maximum absolute atomic E-state index is 6.22. The van der Waals surface area contributed by atoms with Crippen LogP contribution in [0.3, 0.4) is 0 Å². The first-order valence-corrected chi connectivity index (χ1v) is 9.64. The molecular formula is C23H18ClN4O+. The molecule has 3 aromatic carbocycles. The molecule has 0 aliphatic rings. The summed E-state index contributed by atoms with van der Waals surface area (Å²) in [6.45, 7) is 2.06. The van der Waals surface area contributed by atoms with Crippen molar-refractivity contribution in [1.29, 1.82) is 0 Å². The fraction of sp³-hybridized carbons (Fsp3) is 0.0435. The highest BCUT2D eigenvalue weighted by Crippen LogP contribution is 2.24. The van der Waals surface area contributed by atoms with Crippen molar-refractivity contribution in [3.8, 4) is 11.3 Å². The summed E-state index contributed by atoms with van der Waals surface area (Å²) in [6, 6.07) is 23.6. The molecule has 0 bridgehead atoms. The summed E-state index contributed by atoms with van der Waals surface area (Å²) >= 11 is 6.22. The molecule has 0 spiro atoms. The number of anilines is 1. The molecule has 0 amide bonds. The zero-order valence-corrected chi connectivity index (χ0v) is 16.4. The molecule has 142 valence electrons. The van der Waals surface area contributed by atoms with Gasteiger partial charge in [-0.2, -0.15) is 5.43 Å². The average Bonchev–Trinajstić information content (AvgIpc) is 3.15. The van der Waals surface area contributed by atoms with E-state index in [1.807, 2.05) is 60.7 Å². The van der Waals surface area contributed by atoms with Crippen LogP contribution >= 0.6 is 11.6 Å². The maximum Gasteiger partial charge on any atom is 0.377 e. The minimum Gasteiger partial charge on any atom is -0.456 e. The highest BCUT2D eigenvalue weighted by atomic mass is 35.5. The molecular weight excluding hydrogens is 384 g/mol. The van der Waals surface area contributed by atoms with E-state index in [-0.39, 0.29) is 0 Å². The number of halogens is 1. The predicted molar refractivity (Wildman–Crippen MR) is 115 cm³/mol. The van der Waals surface area contributed by atoms with Crippen LogP contribution in [0.1, 0.15) is 5.56 Å². The number of fused-ring (bicyclic) bond motifs is 2. The number of imidazole rings is 1. The summed E-state index contributed by atoms with van der Waals surface area (Å²) in [6.07, 6.45) is 0. The fourth-order valence-electron chi connectivity index (χ4n) is 3.27. The van der Waals surface area contributed by atoms with Gasteiger partial charge in [-0.1, -0.05) is 53.6 Å². The number of hydrogen-bond acceptors (Lipinski definition) is 3. The number of benzene rings is 3. The maximum atomic E-state index is 6.22. The van der Waals surface area contributed by atoms with E-state index in [1.165, 1.54) is 5.56 Å². The summed E-state index contributed by atoms with van der Waals surface area (Å²) in [5.74, 6) is 1.43. The topological polar surface area (TPSA) is 67.5 Å². The Balaban J connectivity index is 1.64. The lowest BCUT2D eigenvalue weighted by molar-refractivity contribution is -0.326. The van der Waals surface area contributed by atoms with E-state index in [4.69, 9.17) is 16.0 Å². The van der Waals surface area contributed by atoms with Gasteiger partial charge < -0.3 is 4.42 Å². The van der Waals surface area contributed by atoms with Crippen LogP contribution in [0, 0.1) is 6.92 Å². The second-order valence-electron chi connectivity index (χ2n) is 6.90. The van der Waals surface area contributed by atoms with E-state index in [0.717, 1.165) is 33.1 Å². The van der Waals surface area contributed by atoms with Gasteiger partial charge in [-0.05, 0) is 37.3 Å². The Morgan fingerprint density at radius 3 is 2.66 bits per heavy atom. The zero-order valence-electron chi connectivity index (χ0n) is 15.7. The van der Waals surface area contributed by atoms with Crippen molar-refractivity contribution in [2.45, 2.75) is 6.92 Å². The van der Waals surface area contributed by atoms with Crippen LogP contribution < -0.4 is 15.8 Å². The van der Waals surface area contributed by atoms with Gasteiger partial charge >= 0.3 is 5.95 Å². The normalized spacial score (nSPS) is 12.0. The summed E-state index contributed by atoms with van der Waals surface area (Å²) in [5.41, 5.74) is 7.98. The molecule has 0 radical (unpaired) electrons. The second-order valence-corrected chi connectivity index (χ2v) is 7.33. The van der Waals surface area contributed by atoms with Crippen LogP contribution in [-0.2, 0) is 0 Å². The van der Waals surface area contributed by atoms with Crippen molar-refractivity contribution in [2.75, 3.05) is 5.43 Å². The van der Waals surface area contributed by atoms with Crippen molar-refractivity contribution in [3.63, 3.8) is 0 Å². The molecule has 6 heteroatoms. The Kier molecular flexibility index (Phi) is 4.30. The largest absolute Gasteiger partial charge is 0.456 e. The molecule has 0 saturated heterocycles. The van der Waals surface area contributed by atoms with Crippen molar-refractivity contribution in [3.05, 3.63) is 88.7 Å². The van der Waals surface area contributed by atoms with Crippen LogP contribution in [0.5, 0.6) is 0 Å². The lowest BCUT2D eigenvalue weighted by Crippen LogP contribution is -2.12. The van der Waals surface area contributed by atoms with E-state index >= 15 is 0 Å². The first-order valence-electron chi connectivity index (χ1n) is 9.26. The summed E-state index contributed by atoms with van der Waals surface area (Å²) < 4.78 is 6.12. The molecule has 0 aliphatic heterocycles. The number of aromatic amines is 2. The van der Waals surface area contributed by atoms with Gasteiger partial charge in [0.2, 0.25) is 0 Å². The quantitative estimate of drug-likeness (QED) is 0.403. The number of rotatable bonds is 3. The van der Waals surface area contributed by atoms with Crippen molar-refractivity contribution in [2.24, 2.45) is 5.10 Å². The molecule has 0 saturated carbocycles. The highest BCUT2D eigenvalue weighted by Gasteiger charge is 2.10. The molecule has 2 heterocycles. The molecule has 0 atom stereocenters. The van der Waals surface area contributed by atoms with E-state index in [9.17, 15) is 0 Å². The number of para-hydroxylation sites is 2. The molecule has 0 fully saturated rings. The highest BCUT2D eigenvalue weighted by molar-refractivity contribution is 6.31. The lowest BCUT2D eigenvalue weighted by atomic mass is 10.1. The number of aryl methyl sites for hydroxylation is 1. The Bertz CT molecular complexity index is 1370. The fourth-order valence-corrected chi connectivity index (χ4v) is 3.44. The van der Waals surface area contributed by atoms with E-state index in [1.54, 1.807) is 0 Å². The van der Waals surface area contributed by atoms with Crippen LogP contribution in [0.2, 0.25) is 5.02 Å². The molecule has 0 unspecified atom stereocenters. The number of aromatic nitrogens is 2. The minimum absolute atomic E-state index is 0.629. The lowest BCUT2D eigenvalue weighted by Gasteiger charge is -2.05. The Morgan fingerprint density at radius 1 is 1.00 bits per heavy atom. The molecule has 2 aromatic heterocycles. The first-order chi connectivity index (χ1) is 14.2. The van der Waals surface area contributed by atoms with Gasteiger partial charge in [0, 0.05) is 22.0 Å². The number of hydrogen-bond donors (Lipinski definition) is 2. The van der Waals surface area contributed by atoms with Gasteiger partial charge in [0.15, 0.2) is 0 Å². The Hall–Kier alpha value is -3.57. The molecule has 29 heavy (non-hydrogen) atoms. The van der Waals surface area contributed by atoms with Crippen LogP contribution in [0.15, 0.2) is 82.3 Å². The van der Waals surface area contributed by atoms with Crippen LogP contribution in [-0.4, -0.2) is 4.98 Å². The summed E-state index contributed by atoms with van der Waals surface area (Å²) in [4.78, 5) is 6.54. The minimum atomic E-state index is 0.629. The number of nitrogens with one attached hydrogen (secondary N) is 3. The third-order valence-corrected chi connectivity index (χ3v) is 5.01. The average molecular weight is 402 g/mol. The molecule has 5 rings (SSSR count). The van der Waals surface area contributed by atoms with Crippen molar-refractivity contribution in [1.82, 2.24) is 4.98 Å². The standard InChI is InChI=1S/C23H17ClN4O/c1-14-6-8-15(9-7-14)22-13-20(17-12-16(24)10-11-21(17)29-22)27-28-23-25-18-4-2-3-5-19(18)26-23/h2-13H,1H3,(H2,25,26,28)/p+1. The van der Waals surface area contributed by atoms with Gasteiger partial charge in [-0.25, -0.2) is 9.97 Å².